The van der Waals surface area contributed by atoms with Crippen LogP contribution >= 0.6 is 0 Å². The second kappa shape index (κ2) is 11.0. The first-order chi connectivity index (χ1) is 16.8. The van der Waals surface area contributed by atoms with E-state index < -0.39 is 23.9 Å². The summed E-state index contributed by atoms with van der Waals surface area (Å²) in [5.74, 6) is -2.65. The standard InChI is InChI=1S/C26H23NO8/c1-32-23(28)16-10-17(24(29)33-2)13-21(12-16)27(20-8-6-5-7-9-20)22-14-18(25(30)34-3)11-19(15-22)26(31)35-4/h5-15H,1-4H3. The van der Waals surface area contributed by atoms with Crippen molar-refractivity contribution in [2.75, 3.05) is 33.3 Å². The van der Waals surface area contributed by atoms with E-state index in [2.05, 4.69) is 0 Å². The number of hydrogen-bond donors (Lipinski definition) is 0. The van der Waals surface area contributed by atoms with E-state index in [-0.39, 0.29) is 22.3 Å². The Kier molecular flexibility index (Phi) is 7.83. The molecule has 0 bridgehead atoms. The van der Waals surface area contributed by atoms with E-state index in [0.717, 1.165) is 0 Å². The first kappa shape index (κ1) is 25.0. The van der Waals surface area contributed by atoms with Crippen LogP contribution in [0.2, 0.25) is 0 Å². The van der Waals surface area contributed by atoms with Crippen LogP contribution in [0.4, 0.5) is 17.1 Å². The van der Waals surface area contributed by atoms with E-state index in [1.54, 1.807) is 29.2 Å². The number of ether oxygens (including phenoxy) is 4. The van der Waals surface area contributed by atoms with Crippen LogP contribution in [-0.2, 0) is 18.9 Å². The van der Waals surface area contributed by atoms with Gasteiger partial charge in [-0.3, -0.25) is 0 Å². The van der Waals surface area contributed by atoms with Crippen molar-refractivity contribution in [2.45, 2.75) is 0 Å². The molecule has 3 aromatic rings. The molecule has 0 N–H and O–H groups in total. The molecule has 3 rings (SSSR count). The van der Waals surface area contributed by atoms with Crippen molar-refractivity contribution in [1.29, 1.82) is 0 Å². The van der Waals surface area contributed by atoms with Gasteiger partial charge in [0.1, 0.15) is 0 Å². The second-order valence-electron chi connectivity index (χ2n) is 7.17. The summed E-state index contributed by atoms with van der Waals surface area (Å²) in [6.45, 7) is 0. The van der Waals surface area contributed by atoms with Crippen LogP contribution in [0.1, 0.15) is 41.4 Å². The highest BCUT2D eigenvalue weighted by atomic mass is 16.5. The summed E-state index contributed by atoms with van der Waals surface area (Å²) in [7, 11) is 4.91. The maximum absolute atomic E-state index is 12.4. The molecule has 0 aliphatic heterocycles. The highest BCUT2D eigenvalue weighted by Gasteiger charge is 2.22. The molecule has 3 aromatic carbocycles. The number of para-hydroxylation sites is 1. The van der Waals surface area contributed by atoms with Crippen molar-refractivity contribution in [3.05, 3.63) is 89.0 Å². The topological polar surface area (TPSA) is 108 Å². The zero-order chi connectivity index (χ0) is 25.5. The fourth-order valence-electron chi connectivity index (χ4n) is 3.45. The van der Waals surface area contributed by atoms with Gasteiger partial charge in [0.15, 0.2) is 0 Å². The minimum Gasteiger partial charge on any atom is -0.465 e. The maximum Gasteiger partial charge on any atom is 0.337 e. The Morgan fingerprint density at radius 2 is 0.800 bits per heavy atom. The number of methoxy groups -OCH3 is 4. The van der Waals surface area contributed by atoms with Gasteiger partial charge in [0, 0.05) is 17.1 Å². The molecule has 0 atom stereocenters. The lowest BCUT2D eigenvalue weighted by Crippen LogP contribution is -2.16. The van der Waals surface area contributed by atoms with Gasteiger partial charge in [0.2, 0.25) is 0 Å². The van der Waals surface area contributed by atoms with E-state index in [9.17, 15) is 19.2 Å². The minimum absolute atomic E-state index is 0.101. The quantitative estimate of drug-likeness (QED) is 0.363. The van der Waals surface area contributed by atoms with Gasteiger partial charge in [0.25, 0.3) is 0 Å². The van der Waals surface area contributed by atoms with Crippen LogP contribution in [0.5, 0.6) is 0 Å². The lowest BCUT2D eigenvalue weighted by molar-refractivity contribution is 0.0582. The largest absolute Gasteiger partial charge is 0.465 e. The van der Waals surface area contributed by atoms with E-state index in [1.165, 1.54) is 64.8 Å². The van der Waals surface area contributed by atoms with Crippen LogP contribution in [0.3, 0.4) is 0 Å². The SMILES string of the molecule is COC(=O)c1cc(C(=O)OC)cc(N(c2ccccc2)c2cc(C(=O)OC)cc(C(=O)OC)c2)c1. The molecular formula is C26H23NO8. The van der Waals surface area contributed by atoms with Gasteiger partial charge < -0.3 is 23.8 Å². The Morgan fingerprint density at radius 3 is 1.09 bits per heavy atom. The summed E-state index contributed by atoms with van der Waals surface area (Å²) < 4.78 is 19.4. The van der Waals surface area contributed by atoms with Crippen molar-refractivity contribution in [2.24, 2.45) is 0 Å². The zero-order valence-electron chi connectivity index (χ0n) is 19.6. The predicted molar refractivity (Wildman–Crippen MR) is 126 cm³/mol. The van der Waals surface area contributed by atoms with Crippen molar-refractivity contribution < 1.29 is 38.1 Å². The second-order valence-corrected chi connectivity index (χ2v) is 7.17. The third-order valence-electron chi connectivity index (χ3n) is 5.05. The number of rotatable bonds is 7. The Balaban J connectivity index is 2.35. The molecule has 35 heavy (non-hydrogen) atoms. The van der Waals surface area contributed by atoms with Gasteiger partial charge in [-0.05, 0) is 48.5 Å². The summed E-state index contributed by atoms with van der Waals surface area (Å²) >= 11 is 0. The number of anilines is 3. The molecule has 0 aliphatic carbocycles. The minimum atomic E-state index is -0.663. The van der Waals surface area contributed by atoms with Crippen molar-refractivity contribution in [3.8, 4) is 0 Å². The Bertz CT molecular complexity index is 1120. The Labute approximate surface area is 201 Å². The van der Waals surface area contributed by atoms with Crippen LogP contribution in [0.15, 0.2) is 66.7 Å². The van der Waals surface area contributed by atoms with Gasteiger partial charge in [-0.2, -0.15) is 0 Å². The maximum atomic E-state index is 12.4. The summed E-state index contributed by atoms with van der Waals surface area (Å²) in [6.07, 6.45) is 0. The van der Waals surface area contributed by atoms with Gasteiger partial charge >= 0.3 is 23.9 Å². The number of esters is 4. The zero-order valence-corrected chi connectivity index (χ0v) is 19.6. The van der Waals surface area contributed by atoms with Crippen molar-refractivity contribution in [3.63, 3.8) is 0 Å². The number of carbonyl (C=O) groups is 4. The molecule has 0 unspecified atom stereocenters. The Hall–Kier alpha value is -4.66. The van der Waals surface area contributed by atoms with Crippen LogP contribution < -0.4 is 4.90 Å². The average Bonchev–Trinajstić information content (AvgIpc) is 2.91. The predicted octanol–water partition coefficient (Wildman–Crippen LogP) is 4.30. The molecule has 0 aliphatic rings. The highest BCUT2D eigenvalue weighted by Crippen LogP contribution is 2.37. The third kappa shape index (κ3) is 5.47. The highest BCUT2D eigenvalue weighted by molar-refractivity contribution is 6.00. The average molecular weight is 477 g/mol. The van der Waals surface area contributed by atoms with Crippen molar-refractivity contribution >= 4 is 40.9 Å². The smallest absolute Gasteiger partial charge is 0.337 e. The van der Waals surface area contributed by atoms with E-state index in [1.807, 2.05) is 6.07 Å². The normalized spacial score (nSPS) is 10.2. The fraction of sp³-hybridized carbons (Fsp3) is 0.154. The molecule has 0 spiro atoms. The first-order valence-corrected chi connectivity index (χ1v) is 10.3. The molecule has 0 aromatic heterocycles. The van der Waals surface area contributed by atoms with Crippen molar-refractivity contribution in [1.82, 2.24) is 0 Å². The van der Waals surface area contributed by atoms with E-state index >= 15 is 0 Å². The molecular weight excluding hydrogens is 454 g/mol. The van der Waals surface area contributed by atoms with Crippen LogP contribution in [-0.4, -0.2) is 52.3 Å². The van der Waals surface area contributed by atoms with Gasteiger partial charge in [-0.1, -0.05) is 18.2 Å². The molecule has 9 heteroatoms. The monoisotopic (exact) mass is 477 g/mol. The Morgan fingerprint density at radius 1 is 0.486 bits per heavy atom. The van der Waals surface area contributed by atoms with Gasteiger partial charge in [-0.25, -0.2) is 19.2 Å². The molecule has 0 saturated heterocycles. The molecule has 9 nitrogen and oxygen atoms in total. The summed E-state index contributed by atoms with van der Waals surface area (Å²) in [5.41, 5.74) is 1.76. The van der Waals surface area contributed by atoms with Crippen LogP contribution in [0.25, 0.3) is 0 Å². The number of carbonyl (C=O) groups excluding carboxylic acids is 4. The van der Waals surface area contributed by atoms with Gasteiger partial charge in [0.05, 0.1) is 50.7 Å². The van der Waals surface area contributed by atoms with E-state index in [0.29, 0.717) is 17.1 Å². The third-order valence-corrected chi connectivity index (χ3v) is 5.05. The molecule has 180 valence electrons. The number of nitrogens with zero attached hydrogens (tertiary/aromatic N) is 1. The molecule has 0 saturated carbocycles. The summed E-state index contributed by atoms with van der Waals surface area (Å²) in [5, 5.41) is 0. The first-order valence-electron chi connectivity index (χ1n) is 10.3. The fourth-order valence-corrected chi connectivity index (χ4v) is 3.45. The lowest BCUT2D eigenvalue weighted by Gasteiger charge is -2.27. The molecule has 0 radical (unpaired) electrons. The lowest BCUT2D eigenvalue weighted by atomic mass is 10.0. The van der Waals surface area contributed by atoms with E-state index in [4.69, 9.17) is 18.9 Å². The van der Waals surface area contributed by atoms with Gasteiger partial charge in [-0.15, -0.1) is 0 Å². The van der Waals surface area contributed by atoms with Crippen LogP contribution in [0, 0.1) is 0 Å². The molecule has 0 heterocycles. The number of benzene rings is 3. The molecule has 0 amide bonds. The summed E-state index contributed by atoms with van der Waals surface area (Å²) in [6, 6.07) is 17.8. The summed E-state index contributed by atoms with van der Waals surface area (Å²) in [4.78, 5) is 51.2. The molecule has 0 fully saturated rings. The number of hydrogen-bond acceptors (Lipinski definition) is 9.